The number of benzene rings is 1. The second-order valence-corrected chi connectivity index (χ2v) is 8.78. The number of likely N-dealkylation sites (tertiary alicyclic amines) is 1. The number of carbonyl (C=O) groups excluding carboxylic acids is 2. The molecule has 1 heterocycles. The lowest BCUT2D eigenvalue weighted by Gasteiger charge is -2.31. The van der Waals surface area contributed by atoms with Gasteiger partial charge in [0.2, 0.25) is 5.91 Å². The number of amides is 2. The Morgan fingerprint density at radius 1 is 1.11 bits per heavy atom. The quantitative estimate of drug-likeness (QED) is 0.689. The fourth-order valence-corrected chi connectivity index (χ4v) is 4.83. The van der Waals surface area contributed by atoms with Crippen molar-refractivity contribution in [2.75, 3.05) is 39.1 Å². The second-order valence-electron chi connectivity index (χ2n) is 6.50. The van der Waals surface area contributed by atoms with Crippen LogP contribution in [0.15, 0.2) is 18.2 Å². The van der Waals surface area contributed by atoms with Gasteiger partial charge in [-0.1, -0.05) is 0 Å². The highest BCUT2D eigenvalue weighted by molar-refractivity contribution is 7.92. The molecule has 1 aromatic rings. The molecule has 156 valence electrons. The highest BCUT2D eigenvalue weighted by Gasteiger charge is 2.33. The van der Waals surface area contributed by atoms with Crippen molar-refractivity contribution in [1.82, 2.24) is 10.2 Å². The van der Waals surface area contributed by atoms with E-state index in [4.69, 9.17) is 9.47 Å². The molecule has 0 bridgehead atoms. The molecule has 1 N–H and O–H groups in total. The fourth-order valence-electron chi connectivity index (χ4n) is 3.16. The van der Waals surface area contributed by atoms with Crippen molar-refractivity contribution in [3.05, 3.63) is 23.8 Å². The van der Waals surface area contributed by atoms with E-state index in [1.165, 1.54) is 7.05 Å². The van der Waals surface area contributed by atoms with Crippen LogP contribution < -0.4 is 14.8 Å². The Labute approximate surface area is 166 Å². The first-order valence-corrected chi connectivity index (χ1v) is 11.1. The van der Waals surface area contributed by atoms with Crippen LogP contribution in [0.25, 0.3) is 0 Å². The van der Waals surface area contributed by atoms with Crippen molar-refractivity contribution in [1.29, 1.82) is 0 Å². The van der Waals surface area contributed by atoms with Crippen LogP contribution >= 0.6 is 0 Å². The van der Waals surface area contributed by atoms with Gasteiger partial charge in [-0.25, -0.2) is 8.42 Å². The van der Waals surface area contributed by atoms with E-state index in [0.717, 1.165) is 0 Å². The lowest BCUT2D eigenvalue weighted by molar-refractivity contribution is -0.118. The fraction of sp³-hybridized carbons (Fsp3) is 0.579. The monoisotopic (exact) mass is 412 g/mol. The third-order valence-electron chi connectivity index (χ3n) is 4.64. The second kappa shape index (κ2) is 9.77. The van der Waals surface area contributed by atoms with Gasteiger partial charge < -0.3 is 19.7 Å². The van der Waals surface area contributed by atoms with Crippen LogP contribution in [0.3, 0.4) is 0 Å². The highest BCUT2D eigenvalue weighted by Crippen LogP contribution is 2.29. The van der Waals surface area contributed by atoms with Crippen molar-refractivity contribution in [3.63, 3.8) is 0 Å². The predicted octanol–water partition coefficient (Wildman–Crippen LogP) is 1.25. The summed E-state index contributed by atoms with van der Waals surface area (Å²) in [5, 5.41) is 1.73. The van der Waals surface area contributed by atoms with Crippen LogP contribution in [0.1, 0.15) is 37.0 Å². The number of ether oxygens (including phenoxy) is 2. The molecule has 0 aromatic heterocycles. The molecule has 0 unspecified atom stereocenters. The molecule has 8 nitrogen and oxygen atoms in total. The molecule has 0 spiro atoms. The maximum absolute atomic E-state index is 12.8. The van der Waals surface area contributed by atoms with Gasteiger partial charge in [-0.15, -0.1) is 0 Å². The Morgan fingerprint density at radius 2 is 1.71 bits per heavy atom. The molecule has 0 radical (unpaired) electrons. The zero-order valence-electron chi connectivity index (χ0n) is 16.6. The third kappa shape index (κ3) is 5.37. The van der Waals surface area contributed by atoms with Crippen molar-refractivity contribution in [2.24, 2.45) is 0 Å². The zero-order chi connectivity index (χ0) is 20.7. The van der Waals surface area contributed by atoms with E-state index >= 15 is 0 Å². The largest absolute Gasteiger partial charge is 0.490 e. The topological polar surface area (TPSA) is 102 Å². The Hall–Kier alpha value is -2.29. The van der Waals surface area contributed by atoms with Crippen molar-refractivity contribution in [3.8, 4) is 11.5 Å². The van der Waals surface area contributed by atoms with E-state index in [-0.39, 0.29) is 5.91 Å². The molecule has 0 saturated carbocycles. The summed E-state index contributed by atoms with van der Waals surface area (Å²) in [6.07, 6.45) is 0.640. The Morgan fingerprint density at radius 3 is 2.29 bits per heavy atom. The van der Waals surface area contributed by atoms with E-state index in [2.05, 4.69) is 5.32 Å². The molecular formula is C19H28N2O6S. The standard InChI is InChI=1S/C19H28N2O6S/c1-4-26-16-7-6-14(12-17(16)27-5-2)19(23)21-10-8-15(9-11-21)28(24,25)13-18(22)20-3/h6-7,12,15H,4-5,8-11,13H2,1-3H3,(H,20,22). The van der Waals surface area contributed by atoms with Crippen LogP contribution in [-0.2, 0) is 14.6 Å². The minimum Gasteiger partial charge on any atom is -0.490 e. The van der Waals surface area contributed by atoms with Gasteiger partial charge in [-0.2, -0.15) is 0 Å². The van der Waals surface area contributed by atoms with Gasteiger partial charge in [-0.3, -0.25) is 9.59 Å². The molecule has 2 amide bonds. The molecule has 0 atom stereocenters. The molecule has 9 heteroatoms. The predicted molar refractivity (Wildman–Crippen MR) is 106 cm³/mol. The van der Waals surface area contributed by atoms with Gasteiger partial charge >= 0.3 is 0 Å². The lowest BCUT2D eigenvalue weighted by Crippen LogP contribution is -2.44. The number of nitrogens with one attached hydrogen (secondary N) is 1. The maximum Gasteiger partial charge on any atom is 0.253 e. The Bertz CT molecular complexity index is 801. The van der Waals surface area contributed by atoms with E-state index in [1.54, 1.807) is 23.1 Å². The molecule has 0 aliphatic carbocycles. The minimum atomic E-state index is -3.52. The van der Waals surface area contributed by atoms with Crippen LogP contribution in [-0.4, -0.2) is 69.5 Å². The molecule has 2 rings (SSSR count). The summed E-state index contributed by atoms with van der Waals surface area (Å²) in [7, 11) is -2.11. The average Bonchev–Trinajstić information content (AvgIpc) is 2.69. The van der Waals surface area contributed by atoms with Crippen LogP contribution in [0.4, 0.5) is 0 Å². The smallest absolute Gasteiger partial charge is 0.253 e. The summed E-state index contributed by atoms with van der Waals surface area (Å²) in [6.45, 7) is 5.32. The van der Waals surface area contributed by atoms with E-state index in [0.29, 0.717) is 56.2 Å². The zero-order valence-corrected chi connectivity index (χ0v) is 17.4. The summed E-state index contributed by atoms with van der Waals surface area (Å²) in [4.78, 5) is 25.9. The van der Waals surface area contributed by atoms with E-state index in [9.17, 15) is 18.0 Å². The van der Waals surface area contributed by atoms with Crippen LogP contribution in [0, 0.1) is 0 Å². The lowest BCUT2D eigenvalue weighted by atomic mass is 10.1. The summed E-state index contributed by atoms with van der Waals surface area (Å²) in [5.41, 5.74) is 0.471. The molecule has 1 aliphatic heterocycles. The number of sulfone groups is 1. The number of piperidine rings is 1. The molecule has 1 fully saturated rings. The molecule has 1 aliphatic rings. The normalized spacial score (nSPS) is 15.2. The third-order valence-corrected chi connectivity index (χ3v) is 6.79. The van der Waals surface area contributed by atoms with Crippen molar-refractivity contribution in [2.45, 2.75) is 31.9 Å². The van der Waals surface area contributed by atoms with Gasteiger partial charge in [0.1, 0.15) is 5.75 Å². The molecule has 1 saturated heterocycles. The SMILES string of the molecule is CCOc1ccc(C(=O)N2CCC(S(=O)(=O)CC(=O)NC)CC2)cc1OCC. The van der Waals surface area contributed by atoms with Crippen molar-refractivity contribution < 1.29 is 27.5 Å². The van der Waals surface area contributed by atoms with E-state index < -0.39 is 26.7 Å². The number of nitrogens with zero attached hydrogens (tertiary/aromatic N) is 1. The van der Waals surface area contributed by atoms with Crippen LogP contribution in [0.2, 0.25) is 0 Å². The number of rotatable bonds is 8. The van der Waals surface area contributed by atoms with Gasteiger partial charge in [0.25, 0.3) is 5.91 Å². The number of hydrogen-bond donors (Lipinski definition) is 1. The van der Waals surface area contributed by atoms with E-state index in [1.807, 2.05) is 13.8 Å². The maximum atomic E-state index is 12.8. The summed E-state index contributed by atoms with van der Waals surface area (Å²) in [6, 6.07) is 5.05. The minimum absolute atomic E-state index is 0.175. The number of hydrogen-bond acceptors (Lipinski definition) is 6. The van der Waals surface area contributed by atoms with Crippen LogP contribution in [0.5, 0.6) is 11.5 Å². The Balaban J connectivity index is 2.05. The summed E-state index contributed by atoms with van der Waals surface area (Å²) < 4.78 is 35.7. The molecule has 1 aromatic carbocycles. The van der Waals surface area contributed by atoms with Gasteiger partial charge in [0.05, 0.1) is 18.5 Å². The highest BCUT2D eigenvalue weighted by atomic mass is 32.2. The van der Waals surface area contributed by atoms with Gasteiger partial charge in [0.15, 0.2) is 21.3 Å². The first-order chi connectivity index (χ1) is 13.3. The van der Waals surface area contributed by atoms with Crippen molar-refractivity contribution >= 4 is 21.7 Å². The summed E-state index contributed by atoms with van der Waals surface area (Å²) in [5.74, 6) is -0.112. The molecule has 28 heavy (non-hydrogen) atoms. The Kier molecular flexibility index (Phi) is 7.68. The summed E-state index contributed by atoms with van der Waals surface area (Å²) >= 11 is 0. The average molecular weight is 413 g/mol. The number of carbonyl (C=O) groups is 2. The first kappa shape index (κ1) is 22.0. The first-order valence-electron chi connectivity index (χ1n) is 9.43. The molecular weight excluding hydrogens is 384 g/mol. The van der Waals surface area contributed by atoms with Gasteiger partial charge in [0, 0.05) is 25.7 Å². The van der Waals surface area contributed by atoms with Gasteiger partial charge in [-0.05, 0) is 44.9 Å².